The van der Waals surface area contributed by atoms with E-state index in [9.17, 15) is 14.7 Å². The number of rotatable bonds is 4. The van der Waals surface area contributed by atoms with E-state index >= 15 is 0 Å². The minimum Gasteiger partial charge on any atom is -0.507 e. The lowest BCUT2D eigenvalue weighted by atomic mass is 9.85. The Kier molecular flexibility index (Phi) is 5.95. The monoisotopic (exact) mass is 481 g/mol. The summed E-state index contributed by atoms with van der Waals surface area (Å²) >= 11 is 0. The summed E-state index contributed by atoms with van der Waals surface area (Å²) in [6.45, 7) is 8.69. The third-order valence-electron chi connectivity index (χ3n) is 7.00. The van der Waals surface area contributed by atoms with Crippen LogP contribution >= 0.6 is 0 Å². The van der Waals surface area contributed by atoms with Crippen LogP contribution in [0.2, 0.25) is 0 Å². The third-order valence-corrected chi connectivity index (χ3v) is 7.00. The van der Waals surface area contributed by atoms with Gasteiger partial charge in [0.25, 0.3) is 11.7 Å². The van der Waals surface area contributed by atoms with Crippen molar-refractivity contribution in [1.29, 1.82) is 0 Å². The Hall–Kier alpha value is -3.86. The maximum absolute atomic E-state index is 13.4. The maximum Gasteiger partial charge on any atom is 0.295 e. The van der Waals surface area contributed by atoms with Gasteiger partial charge in [-0.15, -0.1) is 0 Å². The SMILES string of the molecule is CC1Cc2cc(/C(O)=C3/C(=O)C(=O)N(Cc4ccccc4)C3c3ccc(C(C)(C)C)cc3)ccc2O1. The third kappa shape index (κ3) is 4.30. The molecule has 5 rings (SSSR count). The van der Waals surface area contributed by atoms with Gasteiger partial charge in [-0.05, 0) is 52.8 Å². The van der Waals surface area contributed by atoms with Gasteiger partial charge in [0, 0.05) is 18.5 Å². The number of Topliss-reactive ketones (excluding diaryl/α,β-unsaturated/α-hetero) is 1. The van der Waals surface area contributed by atoms with Crippen LogP contribution in [0.1, 0.15) is 61.6 Å². The molecule has 0 bridgehead atoms. The van der Waals surface area contributed by atoms with E-state index in [1.165, 1.54) is 0 Å². The molecule has 1 saturated heterocycles. The number of amides is 1. The van der Waals surface area contributed by atoms with Crippen LogP contribution in [0.15, 0.2) is 78.4 Å². The zero-order valence-electron chi connectivity index (χ0n) is 21.1. The van der Waals surface area contributed by atoms with Crippen molar-refractivity contribution >= 4 is 17.4 Å². The van der Waals surface area contributed by atoms with E-state index in [4.69, 9.17) is 4.74 Å². The Morgan fingerprint density at radius 3 is 2.36 bits per heavy atom. The molecule has 2 atom stereocenters. The Balaban J connectivity index is 1.62. The zero-order chi connectivity index (χ0) is 25.6. The van der Waals surface area contributed by atoms with E-state index in [1.54, 1.807) is 11.0 Å². The van der Waals surface area contributed by atoms with E-state index in [0.717, 1.165) is 34.4 Å². The zero-order valence-corrected chi connectivity index (χ0v) is 21.1. The van der Waals surface area contributed by atoms with Crippen molar-refractivity contribution in [3.8, 4) is 5.75 Å². The summed E-state index contributed by atoms with van der Waals surface area (Å²) < 4.78 is 5.79. The molecular weight excluding hydrogens is 450 g/mol. The minimum atomic E-state index is -0.692. The van der Waals surface area contributed by atoms with Gasteiger partial charge in [0.1, 0.15) is 17.6 Å². The van der Waals surface area contributed by atoms with Gasteiger partial charge in [-0.1, -0.05) is 75.4 Å². The van der Waals surface area contributed by atoms with Gasteiger partial charge < -0.3 is 14.7 Å². The Morgan fingerprint density at radius 2 is 1.69 bits per heavy atom. The van der Waals surface area contributed by atoms with E-state index in [0.29, 0.717) is 5.56 Å². The van der Waals surface area contributed by atoms with Gasteiger partial charge in [0.2, 0.25) is 0 Å². The summed E-state index contributed by atoms with van der Waals surface area (Å²) in [6, 6.07) is 22.3. The largest absolute Gasteiger partial charge is 0.507 e. The molecular formula is C31H31NO4. The summed E-state index contributed by atoms with van der Waals surface area (Å²) in [5, 5.41) is 11.4. The molecule has 2 aliphatic rings. The number of likely N-dealkylation sites (tertiary alicyclic amines) is 1. The highest BCUT2D eigenvalue weighted by Crippen LogP contribution is 2.41. The lowest BCUT2D eigenvalue weighted by Gasteiger charge is -2.26. The van der Waals surface area contributed by atoms with Crippen molar-refractivity contribution in [3.63, 3.8) is 0 Å². The molecule has 0 aliphatic carbocycles. The van der Waals surface area contributed by atoms with Crippen LogP contribution in [-0.4, -0.2) is 27.8 Å². The lowest BCUT2D eigenvalue weighted by Crippen LogP contribution is -2.29. The van der Waals surface area contributed by atoms with Crippen molar-refractivity contribution in [2.45, 2.75) is 58.2 Å². The van der Waals surface area contributed by atoms with Crippen molar-refractivity contribution in [1.82, 2.24) is 4.90 Å². The second kappa shape index (κ2) is 8.98. The van der Waals surface area contributed by atoms with Gasteiger partial charge in [0.05, 0.1) is 11.6 Å². The smallest absolute Gasteiger partial charge is 0.295 e. The first-order valence-corrected chi connectivity index (χ1v) is 12.4. The molecule has 1 amide bonds. The maximum atomic E-state index is 13.4. The molecule has 0 radical (unpaired) electrons. The number of hydrogen-bond acceptors (Lipinski definition) is 4. The average molecular weight is 482 g/mol. The summed E-state index contributed by atoms with van der Waals surface area (Å²) in [5.41, 5.74) is 4.44. The quantitative estimate of drug-likeness (QED) is 0.285. The van der Waals surface area contributed by atoms with E-state index in [2.05, 4.69) is 20.8 Å². The van der Waals surface area contributed by atoms with Crippen molar-refractivity contribution in [2.24, 2.45) is 0 Å². The number of ketones is 1. The molecule has 0 spiro atoms. The molecule has 5 nitrogen and oxygen atoms in total. The number of aliphatic hydroxyl groups is 1. The van der Waals surface area contributed by atoms with Crippen LogP contribution in [0, 0.1) is 0 Å². The average Bonchev–Trinajstić information content (AvgIpc) is 3.35. The van der Waals surface area contributed by atoms with E-state index in [1.807, 2.05) is 73.7 Å². The summed E-state index contributed by atoms with van der Waals surface area (Å²) in [5.74, 6) is -0.643. The number of fused-ring (bicyclic) bond motifs is 1. The lowest BCUT2D eigenvalue weighted by molar-refractivity contribution is -0.140. The molecule has 184 valence electrons. The molecule has 0 aromatic heterocycles. The number of hydrogen-bond donors (Lipinski definition) is 1. The van der Waals surface area contributed by atoms with Crippen molar-refractivity contribution in [2.75, 3.05) is 0 Å². The topological polar surface area (TPSA) is 66.8 Å². The number of benzene rings is 3. The predicted molar refractivity (Wildman–Crippen MR) is 140 cm³/mol. The second-order valence-corrected chi connectivity index (χ2v) is 10.7. The van der Waals surface area contributed by atoms with Crippen LogP contribution in [0.4, 0.5) is 0 Å². The summed E-state index contributed by atoms with van der Waals surface area (Å²) in [6.07, 6.45) is 0.798. The minimum absolute atomic E-state index is 0.0337. The Morgan fingerprint density at radius 1 is 1.00 bits per heavy atom. The molecule has 3 aromatic rings. The molecule has 1 fully saturated rings. The predicted octanol–water partition coefficient (Wildman–Crippen LogP) is 5.93. The first-order chi connectivity index (χ1) is 17.1. The number of nitrogens with zero attached hydrogens (tertiary/aromatic N) is 1. The number of ether oxygens (including phenoxy) is 1. The van der Waals surface area contributed by atoms with Gasteiger partial charge in [-0.25, -0.2) is 0 Å². The first-order valence-electron chi connectivity index (χ1n) is 12.4. The van der Waals surface area contributed by atoms with Crippen LogP contribution in [0.5, 0.6) is 5.75 Å². The van der Waals surface area contributed by atoms with E-state index in [-0.39, 0.29) is 29.4 Å². The molecule has 2 heterocycles. The molecule has 1 N–H and O–H groups in total. The highest BCUT2D eigenvalue weighted by molar-refractivity contribution is 6.46. The van der Waals surface area contributed by atoms with Gasteiger partial charge in [0.15, 0.2) is 0 Å². The normalized spacial score (nSPS) is 20.9. The molecule has 0 saturated carbocycles. The van der Waals surface area contributed by atoms with Crippen LogP contribution in [0.25, 0.3) is 5.76 Å². The van der Waals surface area contributed by atoms with Gasteiger partial charge >= 0.3 is 0 Å². The van der Waals surface area contributed by atoms with Crippen LogP contribution < -0.4 is 4.74 Å². The van der Waals surface area contributed by atoms with Crippen molar-refractivity contribution < 1.29 is 19.4 Å². The van der Waals surface area contributed by atoms with Crippen molar-refractivity contribution in [3.05, 3.63) is 106 Å². The number of aliphatic hydroxyl groups excluding tert-OH is 1. The van der Waals surface area contributed by atoms with Crippen LogP contribution in [0.3, 0.4) is 0 Å². The molecule has 5 heteroatoms. The standard InChI is InChI=1S/C31H31NO4/c1-19-16-23-17-22(12-15-25(23)36-19)28(33)26-27(21-10-13-24(14-11-21)31(2,3)4)32(30(35)29(26)34)18-20-8-6-5-7-9-20/h5-15,17,19,27,33H,16,18H2,1-4H3/b28-26-. The number of carbonyl (C=O) groups excluding carboxylic acids is 2. The highest BCUT2D eigenvalue weighted by atomic mass is 16.5. The molecule has 36 heavy (non-hydrogen) atoms. The van der Waals surface area contributed by atoms with Gasteiger partial charge in [-0.3, -0.25) is 9.59 Å². The fourth-order valence-corrected chi connectivity index (χ4v) is 5.06. The Labute approximate surface area is 212 Å². The van der Waals surface area contributed by atoms with Crippen LogP contribution in [-0.2, 0) is 28.0 Å². The molecule has 2 unspecified atom stereocenters. The fraction of sp³-hybridized carbons (Fsp3) is 0.290. The van der Waals surface area contributed by atoms with E-state index < -0.39 is 17.7 Å². The Bertz CT molecular complexity index is 1350. The fourth-order valence-electron chi connectivity index (χ4n) is 5.06. The summed E-state index contributed by atoms with van der Waals surface area (Å²) in [7, 11) is 0. The first kappa shape index (κ1) is 23.9. The second-order valence-electron chi connectivity index (χ2n) is 10.7. The summed E-state index contributed by atoms with van der Waals surface area (Å²) in [4.78, 5) is 28.3. The molecule has 2 aliphatic heterocycles. The van der Waals surface area contributed by atoms with Gasteiger partial charge in [-0.2, -0.15) is 0 Å². The highest BCUT2D eigenvalue weighted by Gasteiger charge is 2.46. The molecule has 3 aromatic carbocycles. The number of carbonyl (C=O) groups is 2.